The van der Waals surface area contributed by atoms with Crippen LogP contribution in [0.4, 0.5) is 31.5 Å². The van der Waals surface area contributed by atoms with Crippen LogP contribution < -0.4 is 4.90 Å². The van der Waals surface area contributed by atoms with Crippen LogP contribution in [0.5, 0.6) is 0 Å². The molecule has 0 bridgehead atoms. The fraction of sp³-hybridized carbons (Fsp3) is 0.214. The number of hydrogen-bond donors (Lipinski definition) is 0. The average molecular weight is 379 g/mol. The quantitative estimate of drug-likeness (QED) is 0.730. The minimum Gasteiger partial charge on any atom is -0.287 e. The lowest BCUT2D eigenvalue weighted by molar-refractivity contribution is -0.141. The zero-order chi connectivity index (χ0) is 19.0. The van der Waals surface area contributed by atoms with Gasteiger partial charge in [-0.3, -0.25) is 9.69 Å². The highest BCUT2D eigenvalue weighted by molar-refractivity contribution is 7.16. The number of nitriles is 1. The number of thiazole rings is 1. The number of carbonyl (C=O) groups excluding carboxylic acids is 1. The summed E-state index contributed by atoms with van der Waals surface area (Å²) in [4.78, 5) is 15.5. The van der Waals surface area contributed by atoms with Crippen molar-refractivity contribution in [3.8, 4) is 6.07 Å². The van der Waals surface area contributed by atoms with E-state index < -0.39 is 39.5 Å². The van der Waals surface area contributed by atoms with Crippen molar-refractivity contribution >= 4 is 22.4 Å². The molecule has 0 spiro atoms. The summed E-state index contributed by atoms with van der Waals surface area (Å²) in [6.07, 6.45) is -9.44. The number of hydrogen-bond acceptors (Lipinski definition) is 4. The Bertz CT molecular complexity index is 832. The third-order valence-electron chi connectivity index (χ3n) is 3.04. The molecule has 2 aromatic rings. The second-order valence-electron chi connectivity index (χ2n) is 4.72. The lowest BCUT2D eigenvalue weighted by Crippen LogP contribution is -2.26. The van der Waals surface area contributed by atoms with E-state index in [-0.39, 0.29) is 5.56 Å². The zero-order valence-electron chi connectivity index (χ0n) is 12.2. The molecule has 0 saturated heterocycles. The smallest absolute Gasteiger partial charge is 0.287 e. The molecule has 4 nitrogen and oxygen atoms in total. The van der Waals surface area contributed by atoms with Crippen LogP contribution in [0.2, 0.25) is 0 Å². The Labute approximate surface area is 140 Å². The molecule has 0 radical (unpaired) electrons. The van der Waals surface area contributed by atoms with Crippen LogP contribution in [0, 0.1) is 11.3 Å². The van der Waals surface area contributed by atoms with E-state index in [4.69, 9.17) is 5.26 Å². The number of rotatable bonds is 2. The molecule has 11 heteroatoms. The van der Waals surface area contributed by atoms with Crippen molar-refractivity contribution in [2.75, 3.05) is 11.9 Å². The van der Waals surface area contributed by atoms with E-state index in [1.807, 2.05) is 0 Å². The lowest BCUT2D eigenvalue weighted by Gasteiger charge is -2.14. The van der Waals surface area contributed by atoms with E-state index >= 15 is 0 Å². The number of benzene rings is 1. The van der Waals surface area contributed by atoms with Gasteiger partial charge in [0.25, 0.3) is 5.91 Å². The number of halogens is 6. The summed E-state index contributed by atoms with van der Waals surface area (Å²) < 4.78 is 75.8. The highest BCUT2D eigenvalue weighted by atomic mass is 32.1. The van der Waals surface area contributed by atoms with Crippen LogP contribution in [0.1, 0.15) is 26.5 Å². The topological polar surface area (TPSA) is 57.0 Å². The predicted molar refractivity (Wildman–Crippen MR) is 76.0 cm³/mol. The van der Waals surface area contributed by atoms with E-state index in [9.17, 15) is 31.1 Å². The highest BCUT2D eigenvalue weighted by Crippen LogP contribution is 2.37. The number of amides is 1. The van der Waals surface area contributed by atoms with Gasteiger partial charge in [0.1, 0.15) is 10.9 Å². The molecule has 0 atom stereocenters. The van der Waals surface area contributed by atoms with Crippen molar-refractivity contribution in [2.24, 2.45) is 0 Å². The van der Waals surface area contributed by atoms with Gasteiger partial charge in [-0.2, -0.15) is 31.6 Å². The summed E-state index contributed by atoms with van der Waals surface area (Å²) in [5.41, 5.74) is -2.55. The standard InChI is InChI=1S/C14H7F6N3OS/c1-23(12-22-10(14(18,19)20)9(6-21)25-12)11(24)7-2-4-8(5-3-7)13(15,16)17/h2-5H,1H3. The maximum absolute atomic E-state index is 12.8. The molecule has 0 aliphatic rings. The molecule has 2 rings (SSSR count). The normalized spacial score (nSPS) is 11.9. The van der Waals surface area contributed by atoms with Crippen molar-refractivity contribution in [3.05, 3.63) is 46.0 Å². The van der Waals surface area contributed by atoms with Crippen molar-refractivity contribution in [2.45, 2.75) is 12.4 Å². The molecular formula is C14H7F6N3OS. The monoisotopic (exact) mass is 379 g/mol. The van der Waals surface area contributed by atoms with E-state index in [0.717, 1.165) is 24.1 Å². The molecule has 1 aromatic heterocycles. The van der Waals surface area contributed by atoms with Gasteiger partial charge in [-0.15, -0.1) is 0 Å². The third kappa shape index (κ3) is 3.90. The second-order valence-corrected chi connectivity index (χ2v) is 5.70. The molecule has 0 N–H and O–H groups in total. The largest absolute Gasteiger partial charge is 0.435 e. The van der Waals surface area contributed by atoms with E-state index in [1.165, 1.54) is 6.07 Å². The van der Waals surface area contributed by atoms with Crippen molar-refractivity contribution < 1.29 is 31.1 Å². The first-order valence-electron chi connectivity index (χ1n) is 6.38. The number of anilines is 1. The van der Waals surface area contributed by atoms with Crippen LogP contribution >= 0.6 is 11.3 Å². The van der Waals surface area contributed by atoms with Crippen LogP contribution in [0.25, 0.3) is 0 Å². The van der Waals surface area contributed by atoms with Gasteiger partial charge in [0, 0.05) is 12.6 Å². The van der Waals surface area contributed by atoms with Crippen molar-refractivity contribution in [1.82, 2.24) is 4.98 Å². The summed E-state index contributed by atoms with van der Waals surface area (Å²) in [7, 11) is 1.11. The van der Waals surface area contributed by atoms with E-state index in [0.29, 0.717) is 23.5 Å². The van der Waals surface area contributed by atoms with Gasteiger partial charge in [0.15, 0.2) is 10.8 Å². The summed E-state index contributed by atoms with van der Waals surface area (Å²) in [5.74, 6) is -0.860. The maximum Gasteiger partial charge on any atom is 0.435 e. The van der Waals surface area contributed by atoms with Crippen molar-refractivity contribution in [3.63, 3.8) is 0 Å². The summed E-state index contributed by atoms with van der Waals surface area (Å²) in [6.45, 7) is 0. The number of carbonyl (C=O) groups is 1. The molecule has 1 amide bonds. The van der Waals surface area contributed by atoms with Gasteiger partial charge in [0.2, 0.25) is 0 Å². The molecular weight excluding hydrogens is 372 g/mol. The van der Waals surface area contributed by atoms with Crippen LogP contribution in [0.3, 0.4) is 0 Å². The van der Waals surface area contributed by atoms with Gasteiger partial charge < -0.3 is 0 Å². The second kappa shape index (κ2) is 6.36. The Morgan fingerprint density at radius 2 is 1.68 bits per heavy atom. The van der Waals surface area contributed by atoms with Gasteiger partial charge in [-0.1, -0.05) is 11.3 Å². The first kappa shape index (κ1) is 18.7. The minimum absolute atomic E-state index is 0.169. The first-order valence-corrected chi connectivity index (χ1v) is 7.20. The molecule has 25 heavy (non-hydrogen) atoms. The molecule has 0 fully saturated rings. The number of nitrogens with zero attached hydrogens (tertiary/aromatic N) is 3. The first-order chi connectivity index (χ1) is 11.4. The zero-order valence-corrected chi connectivity index (χ0v) is 13.1. The van der Waals surface area contributed by atoms with E-state index in [2.05, 4.69) is 4.98 Å². The summed E-state index contributed by atoms with van der Waals surface area (Å²) in [6, 6.07) is 4.54. The molecule has 1 aromatic carbocycles. The van der Waals surface area contributed by atoms with Crippen LogP contribution in [0.15, 0.2) is 24.3 Å². The SMILES string of the molecule is CN(C(=O)c1ccc(C(F)(F)F)cc1)c1nc(C(F)(F)F)c(C#N)s1. The highest BCUT2D eigenvalue weighted by Gasteiger charge is 2.38. The minimum atomic E-state index is -4.86. The fourth-order valence-electron chi connectivity index (χ4n) is 1.80. The Morgan fingerprint density at radius 1 is 1.12 bits per heavy atom. The predicted octanol–water partition coefficient (Wildman–Crippen LogP) is 4.33. The molecule has 0 saturated carbocycles. The average Bonchev–Trinajstić information content (AvgIpc) is 2.97. The van der Waals surface area contributed by atoms with E-state index in [1.54, 1.807) is 0 Å². The molecule has 0 unspecified atom stereocenters. The molecule has 1 heterocycles. The summed E-state index contributed by atoms with van der Waals surface area (Å²) >= 11 is 0.358. The Hall–Kier alpha value is -2.61. The van der Waals surface area contributed by atoms with Crippen molar-refractivity contribution in [1.29, 1.82) is 5.26 Å². The van der Waals surface area contributed by atoms with Gasteiger partial charge >= 0.3 is 12.4 Å². The fourth-order valence-corrected chi connectivity index (χ4v) is 2.65. The third-order valence-corrected chi connectivity index (χ3v) is 4.07. The van der Waals surface area contributed by atoms with Gasteiger partial charge in [0.05, 0.1) is 5.56 Å². The maximum atomic E-state index is 12.8. The Morgan fingerprint density at radius 3 is 2.08 bits per heavy atom. The van der Waals surface area contributed by atoms with Crippen LogP contribution in [-0.2, 0) is 12.4 Å². The van der Waals surface area contributed by atoms with Gasteiger partial charge in [-0.05, 0) is 24.3 Å². The molecule has 0 aliphatic carbocycles. The summed E-state index contributed by atoms with van der Waals surface area (Å²) in [5, 5.41) is 8.36. The Kier molecular flexibility index (Phi) is 4.76. The number of aromatic nitrogens is 1. The molecule has 132 valence electrons. The lowest BCUT2D eigenvalue weighted by atomic mass is 10.1. The van der Waals surface area contributed by atoms with Crippen LogP contribution in [-0.4, -0.2) is 17.9 Å². The number of alkyl halides is 6. The Balaban J connectivity index is 2.32. The molecule has 0 aliphatic heterocycles. The van der Waals surface area contributed by atoms with Gasteiger partial charge in [-0.25, -0.2) is 4.98 Å².